The Hall–Kier alpha value is -1.62. The third-order valence-electron chi connectivity index (χ3n) is 3.64. The summed E-state index contributed by atoms with van der Waals surface area (Å²) in [5.74, 6) is 0.0400. The summed E-state index contributed by atoms with van der Waals surface area (Å²) in [6.45, 7) is 5.75. The first kappa shape index (κ1) is 15.8. The molecule has 4 nitrogen and oxygen atoms in total. The normalized spacial score (nSPS) is 16.7. The van der Waals surface area contributed by atoms with E-state index in [0.29, 0.717) is 12.3 Å². The lowest BCUT2D eigenvalue weighted by Gasteiger charge is -2.16. The minimum absolute atomic E-state index is 0.138. The summed E-state index contributed by atoms with van der Waals surface area (Å²) in [6, 6.07) is 5.67. The van der Waals surface area contributed by atoms with Crippen LogP contribution in [0.4, 0.5) is 4.39 Å². The zero-order valence-corrected chi connectivity index (χ0v) is 12.5. The molecule has 0 bridgehead atoms. The van der Waals surface area contributed by atoms with Gasteiger partial charge in [-0.05, 0) is 70.1 Å². The number of amides is 1. The van der Waals surface area contributed by atoms with Crippen molar-refractivity contribution in [3.8, 4) is 5.75 Å². The Morgan fingerprint density at radius 2 is 2.00 bits per heavy atom. The number of rotatable bonds is 7. The number of benzene rings is 1. The van der Waals surface area contributed by atoms with Gasteiger partial charge in [0.1, 0.15) is 11.6 Å². The van der Waals surface area contributed by atoms with E-state index < -0.39 is 6.10 Å². The van der Waals surface area contributed by atoms with E-state index in [1.165, 1.54) is 50.2 Å². The third kappa shape index (κ3) is 5.34. The maximum atomic E-state index is 12.8. The lowest BCUT2D eigenvalue weighted by atomic mass is 10.3. The number of hydrogen-bond donors (Lipinski definition) is 1. The van der Waals surface area contributed by atoms with Gasteiger partial charge >= 0.3 is 0 Å². The molecule has 0 radical (unpaired) electrons. The molecule has 21 heavy (non-hydrogen) atoms. The van der Waals surface area contributed by atoms with Gasteiger partial charge in [0.05, 0.1) is 0 Å². The minimum atomic E-state index is -0.581. The maximum Gasteiger partial charge on any atom is 0.260 e. The second-order valence-corrected chi connectivity index (χ2v) is 5.41. The van der Waals surface area contributed by atoms with Crippen LogP contribution in [-0.4, -0.2) is 43.1 Å². The Morgan fingerprint density at radius 1 is 1.33 bits per heavy atom. The molecule has 1 aliphatic heterocycles. The van der Waals surface area contributed by atoms with Crippen LogP contribution in [0.25, 0.3) is 0 Å². The van der Waals surface area contributed by atoms with Crippen LogP contribution in [0.5, 0.6) is 5.75 Å². The lowest BCUT2D eigenvalue weighted by Crippen LogP contribution is -2.37. The van der Waals surface area contributed by atoms with E-state index in [9.17, 15) is 9.18 Å². The molecule has 1 aliphatic rings. The summed E-state index contributed by atoms with van der Waals surface area (Å²) >= 11 is 0. The van der Waals surface area contributed by atoms with E-state index in [1.54, 1.807) is 6.92 Å². The van der Waals surface area contributed by atoms with Crippen molar-refractivity contribution in [3.63, 3.8) is 0 Å². The van der Waals surface area contributed by atoms with E-state index in [0.717, 1.165) is 13.0 Å². The van der Waals surface area contributed by atoms with E-state index in [1.807, 2.05) is 0 Å². The number of nitrogens with one attached hydrogen (secondary N) is 1. The van der Waals surface area contributed by atoms with Crippen molar-refractivity contribution in [2.45, 2.75) is 32.3 Å². The number of hydrogen-bond acceptors (Lipinski definition) is 3. The predicted molar refractivity (Wildman–Crippen MR) is 79.8 cm³/mol. The van der Waals surface area contributed by atoms with Crippen molar-refractivity contribution in [1.82, 2.24) is 10.2 Å². The van der Waals surface area contributed by atoms with Gasteiger partial charge in [0.25, 0.3) is 5.91 Å². The smallest absolute Gasteiger partial charge is 0.260 e. The van der Waals surface area contributed by atoms with Gasteiger partial charge in [-0.15, -0.1) is 0 Å². The Morgan fingerprint density at radius 3 is 2.67 bits per heavy atom. The fourth-order valence-electron chi connectivity index (χ4n) is 2.44. The lowest BCUT2D eigenvalue weighted by molar-refractivity contribution is -0.127. The van der Waals surface area contributed by atoms with Crippen molar-refractivity contribution in [3.05, 3.63) is 30.1 Å². The predicted octanol–water partition coefficient (Wildman–Crippen LogP) is 2.20. The standard InChI is InChI=1S/C16H23FN2O2/c1-13(21-15-7-5-14(17)6-8-15)16(20)18-9-4-12-19-10-2-3-11-19/h5-8,13H,2-4,9-12H2,1H3,(H,18,20). The molecule has 0 aromatic heterocycles. The molecule has 0 spiro atoms. The van der Waals surface area contributed by atoms with Gasteiger partial charge in [0.2, 0.25) is 0 Å². The Balaban J connectivity index is 1.63. The van der Waals surface area contributed by atoms with Crippen LogP contribution in [0.2, 0.25) is 0 Å². The van der Waals surface area contributed by atoms with Crippen molar-refractivity contribution < 1.29 is 13.9 Å². The zero-order valence-electron chi connectivity index (χ0n) is 12.5. The van der Waals surface area contributed by atoms with Crippen LogP contribution in [0.1, 0.15) is 26.2 Å². The molecule has 1 aromatic rings. The van der Waals surface area contributed by atoms with Crippen LogP contribution in [0.3, 0.4) is 0 Å². The number of ether oxygens (including phenoxy) is 1. The summed E-state index contributed by atoms with van der Waals surface area (Å²) < 4.78 is 18.2. The SMILES string of the molecule is CC(Oc1ccc(F)cc1)C(=O)NCCCN1CCCC1. The second kappa shape index (κ2) is 7.98. The molecule has 1 fully saturated rings. The molecule has 0 aliphatic carbocycles. The third-order valence-corrected chi connectivity index (χ3v) is 3.64. The molecule has 1 atom stereocenters. The second-order valence-electron chi connectivity index (χ2n) is 5.41. The molecule has 0 saturated carbocycles. The first-order valence-electron chi connectivity index (χ1n) is 7.57. The summed E-state index contributed by atoms with van der Waals surface area (Å²) in [6.07, 6.45) is 2.95. The van der Waals surface area contributed by atoms with Crippen LogP contribution in [0.15, 0.2) is 24.3 Å². The summed E-state index contributed by atoms with van der Waals surface area (Å²) in [7, 11) is 0. The number of carbonyl (C=O) groups is 1. The molecule has 5 heteroatoms. The highest BCUT2D eigenvalue weighted by atomic mass is 19.1. The molecule has 1 N–H and O–H groups in total. The monoisotopic (exact) mass is 294 g/mol. The van der Waals surface area contributed by atoms with Gasteiger partial charge in [0.15, 0.2) is 6.10 Å². The number of likely N-dealkylation sites (tertiary alicyclic amines) is 1. The van der Waals surface area contributed by atoms with Crippen LogP contribution in [0, 0.1) is 5.82 Å². The molecule has 116 valence electrons. The fraction of sp³-hybridized carbons (Fsp3) is 0.562. The molecule has 2 rings (SSSR count). The highest BCUT2D eigenvalue weighted by Crippen LogP contribution is 2.13. The Bertz CT molecular complexity index is 444. The largest absolute Gasteiger partial charge is 0.481 e. The van der Waals surface area contributed by atoms with Gasteiger partial charge in [-0.25, -0.2) is 4.39 Å². The van der Waals surface area contributed by atoms with Crippen molar-refractivity contribution in [1.29, 1.82) is 0 Å². The fourth-order valence-corrected chi connectivity index (χ4v) is 2.44. The molecule has 1 aromatic carbocycles. The van der Waals surface area contributed by atoms with Gasteiger partial charge in [0, 0.05) is 6.54 Å². The summed E-state index contributed by atoms with van der Waals surface area (Å²) in [5.41, 5.74) is 0. The van der Waals surface area contributed by atoms with Gasteiger partial charge in [-0.3, -0.25) is 4.79 Å². The minimum Gasteiger partial charge on any atom is -0.481 e. The summed E-state index contributed by atoms with van der Waals surface area (Å²) in [4.78, 5) is 14.3. The van der Waals surface area contributed by atoms with E-state index >= 15 is 0 Å². The molecule has 1 saturated heterocycles. The summed E-state index contributed by atoms with van der Waals surface area (Å²) in [5, 5.41) is 2.87. The number of carbonyl (C=O) groups excluding carboxylic acids is 1. The molecule has 1 heterocycles. The van der Waals surface area contributed by atoms with Gasteiger partial charge in [-0.1, -0.05) is 0 Å². The van der Waals surface area contributed by atoms with Crippen LogP contribution >= 0.6 is 0 Å². The first-order chi connectivity index (χ1) is 10.1. The topological polar surface area (TPSA) is 41.6 Å². The van der Waals surface area contributed by atoms with Crippen LogP contribution in [-0.2, 0) is 4.79 Å². The highest BCUT2D eigenvalue weighted by molar-refractivity contribution is 5.80. The number of nitrogens with zero attached hydrogens (tertiary/aromatic N) is 1. The van der Waals surface area contributed by atoms with Gasteiger partial charge < -0.3 is 15.0 Å². The van der Waals surface area contributed by atoms with Crippen molar-refractivity contribution in [2.75, 3.05) is 26.2 Å². The average Bonchev–Trinajstić information content (AvgIpc) is 2.99. The molecular formula is C16H23FN2O2. The Kier molecular flexibility index (Phi) is 5.99. The molecule has 1 unspecified atom stereocenters. The van der Waals surface area contributed by atoms with Crippen LogP contribution < -0.4 is 10.1 Å². The first-order valence-corrected chi connectivity index (χ1v) is 7.57. The van der Waals surface area contributed by atoms with E-state index in [4.69, 9.17) is 4.74 Å². The molecular weight excluding hydrogens is 271 g/mol. The van der Waals surface area contributed by atoms with Crippen molar-refractivity contribution >= 4 is 5.91 Å². The number of halogens is 1. The van der Waals surface area contributed by atoms with Gasteiger partial charge in [-0.2, -0.15) is 0 Å². The molecule has 1 amide bonds. The quantitative estimate of drug-likeness (QED) is 0.784. The maximum absolute atomic E-state index is 12.8. The van der Waals surface area contributed by atoms with E-state index in [-0.39, 0.29) is 11.7 Å². The zero-order chi connectivity index (χ0) is 15.1. The van der Waals surface area contributed by atoms with E-state index in [2.05, 4.69) is 10.2 Å². The van der Waals surface area contributed by atoms with Crippen molar-refractivity contribution in [2.24, 2.45) is 0 Å². The Labute approximate surface area is 125 Å². The average molecular weight is 294 g/mol. The highest BCUT2D eigenvalue weighted by Gasteiger charge is 2.15.